The Labute approximate surface area is 104 Å². The summed E-state index contributed by atoms with van der Waals surface area (Å²) in [7, 11) is -3.88. The fourth-order valence-corrected chi connectivity index (χ4v) is 1.71. The molecule has 0 aliphatic rings. The van der Waals surface area contributed by atoms with Gasteiger partial charge in [-0.2, -0.15) is 8.42 Å². The average molecular weight is 257 g/mol. The van der Waals surface area contributed by atoms with Crippen LogP contribution in [0.15, 0.2) is 0 Å². The summed E-state index contributed by atoms with van der Waals surface area (Å²) in [5.74, 6) is -0.213. The van der Waals surface area contributed by atoms with Crippen LogP contribution in [0.1, 0.15) is 45.4 Å². The van der Waals surface area contributed by atoms with Gasteiger partial charge in [-0.1, -0.05) is 43.4 Å². The van der Waals surface area contributed by atoms with Crippen molar-refractivity contribution < 1.29 is 43.2 Å². The molecule has 83 valence electrons. The van der Waals surface area contributed by atoms with Crippen LogP contribution in [0.4, 0.5) is 4.53 Å². The quantitative estimate of drug-likeness (QED) is 0.628. The Morgan fingerprint density at radius 2 is 1.57 bits per heavy atom. The van der Waals surface area contributed by atoms with Crippen LogP contribution in [-0.4, -0.2) is 14.2 Å². The molecule has 0 saturated heterocycles. The van der Waals surface area contributed by atoms with Crippen LogP contribution in [0, 0.1) is 0 Å². The molecule has 0 saturated carbocycles. The Morgan fingerprint density at radius 3 is 2.07 bits per heavy atom. The maximum atomic E-state index is 11.3. The summed E-state index contributed by atoms with van der Waals surface area (Å²) in [4.78, 5) is 0. The van der Waals surface area contributed by atoms with Gasteiger partial charge in [0.05, 0.1) is 5.75 Å². The Kier molecular flexibility index (Phi) is 12.5. The molecular formula is C8H17FO3SSc. The van der Waals surface area contributed by atoms with Gasteiger partial charge in [0.25, 0.3) is 10.1 Å². The molecule has 0 atom stereocenters. The van der Waals surface area contributed by atoms with Crippen LogP contribution >= 0.6 is 0 Å². The number of rotatable bonds is 8. The normalized spacial score (nSPS) is 11.0. The Morgan fingerprint density at radius 1 is 1.07 bits per heavy atom. The first kappa shape index (κ1) is 17.1. The summed E-state index contributed by atoms with van der Waals surface area (Å²) < 4.78 is 35.1. The van der Waals surface area contributed by atoms with Gasteiger partial charge in [-0.05, 0) is 10.9 Å². The van der Waals surface area contributed by atoms with E-state index >= 15 is 0 Å². The second kappa shape index (κ2) is 10.2. The van der Waals surface area contributed by atoms with E-state index in [-0.39, 0.29) is 31.6 Å². The predicted octanol–water partition coefficient (Wildman–Crippen LogP) is 2.58. The fraction of sp³-hybridized carbons (Fsp3) is 1.00. The van der Waals surface area contributed by atoms with Crippen molar-refractivity contribution in [3.63, 3.8) is 0 Å². The van der Waals surface area contributed by atoms with Crippen molar-refractivity contribution in [2.45, 2.75) is 45.4 Å². The topological polar surface area (TPSA) is 43.4 Å². The number of hydrogen-bond donors (Lipinski definition) is 0. The maximum absolute atomic E-state index is 11.3. The molecule has 0 aliphatic carbocycles. The minimum absolute atomic E-state index is 0. The summed E-state index contributed by atoms with van der Waals surface area (Å²) in [6, 6.07) is 0. The van der Waals surface area contributed by atoms with Gasteiger partial charge in [-0.15, -0.1) is 0 Å². The molecule has 0 N–H and O–H groups in total. The predicted molar refractivity (Wildman–Crippen MR) is 49.4 cm³/mol. The van der Waals surface area contributed by atoms with Crippen molar-refractivity contribution in [2.75, 3.05) is 5.75 Å². The fourth-order valence-electron chi connectivity index (χ4n) is 1.09. The Hall–Kier alpha value is 0.710. The first-order valence-corrected chi connectivity index (χ1v) is 6.23. The molecule has 0 rings (SSSR count). The zero-order valence-electron chi connectivity index (χ0n) is 8.54. The van der Waals surface area contributed by atoms with Crippen molar-refractivity contribution in [2.24, 2.45) is 0 Å². The minimum atomic E-state index is -3.88. The molecule has 6 heteroatoms. The van der Waals surface area contributed by atoms with Crippen LogP contribution in [0.2, 0.25) is 0 Å². The second-order valence-electron chi connectivity index (χ2n) is 3.09. The third-order valence-corrected chi connectivity index (χ3v) is 2.82. The Balaban J connectivity index is 0. The SMILES string of the molecule is CCCCCCCCS(=O)(=O)OF.[Sc]. The van der Waals surface area contributed by atoms with E-state index in [4.69, 9.17) is 0 Å². The van der Waals surface area contributed by atoms with E-state index < -0.39 is 10.1 Å². The Bertz CT molecular complexity index is 207. The molecule has 0 spiro atoms. The average Bonchev–Trinajstić information content (AvgIpc) is 2.11. The number of halogens is 1. The minimum Gasteiger partial charge on any atom is -0.197 e. The molecule has 1 radical (unpaired) electrons. The van der Waals surface area contributed by atoms with Crippen molar-refractivity contribution in [1.29, 1.82) is 0 Å². The number of unbranched alkanes of at least 4 members (excludes halogenated alkanes) is 5. The van der Waals surface area contributed by atoms with Gasteiger partial charge < -0.3 is 0 Å². The summed E-state index contributed by atoms with van der Waals surface area (Å²) in [6.07, 6.45) is 5.76. The van der Waals surface area contributed by atoms with Crippen LogP contribution in [0.25, 0.3) is 0 Å². The van der Waals surface area contributed by atoms with Gasteiger partial charge in [-0.25, -0.2) is 0 Å². The molecule has 0 aromatic rings. The molecule has 0 aliphatic heterocycles. The first-order chi connectivity index (χ1) is 6.12. The van der Waals surface area contributed by atoms with Crippen LogP contribution < -0.4 is 0 Å². The molecule has 0 aromatic carbocycles. The van der Waals surface area contributed by atoms with Crippen LogP contribution in [0.3, 0.4) is 0 Å². The van der Waals surface area contributed by atoms with Crippen LogP contribution in [-0.2, 0) is 40.3 Å². The monoisotopic (exact) mass is 257 g/mol. The zero-order chi connectivity index (χ0) is 10.2. The zero-order valence-corrected chi connectivity index (χ0v) is 11.2. The largest absolute Gasteiger partial charge is 0.297 e. The molecule has 0 aromatic heterocycles. The van der Waals surface area contributed by atoms with E-state index in [1.807, 2.05) is 0 Å². The van der Waals surface area contributed by atoms with E-state index in [0.29, 0.717) is 6.42 Å². The molecule has 0 heterocycles. The summed E-state index contributed by atoms with van der Waals surface area (Å²) >= 11 is 0. The summed E-state index contributed by atoms with van der Waals surface area (Å²) in [5, 5.41) is 0. The molecule has 0 amide bonds. The van der Waals surface area contributed by atoms with Gasteiger partial charge >= 0.3 is 0 Å². The molecule has 0 bridgehead atoms. The van der Waals surface area contributed by atoms with Crippen molar-refractivity contribution in [3.05, 3.63) is 0 Å². The van der Waals surface area contributed by atoms with Gasteiger partial charge in [0.1, 0.15) is 0 Å². The van der Waals surface area contributed by atoms with Crippen molar-refractivity contribution in [3.8, 4) is 0 Å². The van der Waals surface area contributed by atoms with Crippen molar-refractivity contribution in [1.82, 2.24) is 0 Å². The van der Waals surface area contributed by atoms with E-state index in [1.165, 1.54) is 6.42 Å². The number of hydrogen-bond acceptors (Lipinski definition) is 3. The summed E-state index contributed by atoms with van der Waals surface area (Å²) in [6.45, 7) is 2.11. The van der Waals surface area contributed by atoms with E-state index in [1.54, 1.807) is 0 Å². The van der Waals surface area contributed by atoms with E-state index in [0.717, 1.165) is 25.7 Å². The second-order valence-corrected chi connectivity index (χ2v) is 4.74. The van der Waals surface area contributed by atoms with Gasteiger partial charge in [0.15, 0.2) is 0 Å². The molecule has 0 unspecified atom stereocenters. The van der Waals surface area contributed by atoms with E-state index in [9.17, 15) is 12.9 Å². The van der Waals surface area contributed by atoms with Crippen LogP contribution in [0.5, 0.6) is 0 Å². The summed E-state index contributed by atoms with van der Waals surface area (Å²) in [5.41, 5.74) is 0. The smallest absolute Gasteiger partial charge is 0.197 e. The molecule has 3 nitrogen and oxygen atoms in total. The van der Waals surface area contributed by atoms with Gasteiger partial charge in [-0.3, -0.25) is 0 Å². The molecular weight excluding hydrogens is 240 g/mol. The standard InChI is InChI=1S/C8H17FO3S.Sc/c1-2-3-4-5-6-7-8-13(10,11)12-9;/h2-8H2,1H3;. The van der Waals surface area contributed by atoms with Gasteiger partial charge in [0.2, 0.25) is 0 Å². The third-order valence-electron chi connectivity index (χ3n) is 1.84. The molecule has 14 heavy (non-hydrogen) atoms. The third kappa shape index (κ3) is 10.8. The van der Waals surface area contributed by atoms with Gasteiger partial charge in [0, 0.05) is 25.8 Å². The maximum Gasteiger partial charge on any atom is 0.297 e. The van der Waals surface area contributed by atoms with E-state index in [2.05, 4.69) is 11.3 Å². The van der Waals surface area contributed by atoms with Crippen molar-refractivity contribution >= 4 is 10.1 Å². The molecule has 0 fully saturated rings. The first-order valence-electron chi connectivity index (χ1n) is 4.65.